The zero-order chi connectivity index (χ0) is 20.1. The number of hydrogen-bond acceptors (Lipinski definition) is 4. The highest BCUT2D eigenvalue weighted by molar-refractivity contribution is 5.91. The summed E-state index contributed by atoms with van der Waals surface area (Å²) in [5.74, 6) is 0.777. The number of furan rings is 1. The van der Waals surface area contributed by atoms with Gasteiger partial charge in [-0.3, -0.25) is 9.69 Å². The number of carbonyl (C=O) groups excluding carboxylic acids is 1. The molecule has 4 rings (SSSR count). The molecule has 0 N–H and O–H groups in total. The normalized spacial score (nSPS) is 19.7. The predicted molar refractivity (Wildman–Crippen MR) is 109 cm³/mol. The number of ether oxygens (including phenoxy) is 1. The molecule has 6 heteroatoms. The van der Waals surface area contributed by atoms with Gasteiger partial charge in [0.25, 0.3) is 0 Å². The summed E-state index contributed by atoms with van der Waals surface area (Å²) in [5, 5.41) is 0. The van der Waals surface area contributed by atoms with Crippen LogP contribution >= 0.6 is 0 Å². The molecule has 5 nitrogen and oxygen atoms in total. The topological polar surface area (TPSA) is 45.9 Å². The molecule has 29 heavy (non-hydrogen) atoms. The minimum absolute atomic E-state index is 0.0387. The Labute approximate surface area is 170 Å². The largest absolute Gasteiger partial charge is 0.487 e. The van der Waals surface area contributed by atoms with Crippen LogP contribution in [0.1, 0.15) is 31.4 Å². The van der Waals surface area contributed by atoms with E-state index in [1.807, 2.05) is 11.0 Å². The van der Waals surface area contributed by atoms with Crippen molar-refractivity contribution in [3.05, 3.63) is 60.3 Å². The molecule has 2 saturated heterocycles. The van der Waals surface area contributed by atoms with Gasteiger partial charge in [-0.15, -0.1) is 0 Å². The van der Waals surface area contributed by atoms with Crippen LogP contribution in [0.5, 0.6) is 5.75 Å². The summed E-state index contributed by atoms with van der Waals surface area (Å²) >= 11 is 0. The molecular weight excluding hydrogens is 371 g/mol. The summed E-state index contributed by atoms with van der Waals surface area (Å²) < 4.78 is 24.9. The molecule has 3 heterocycles. The van der Waals surface area contributed by atoms with Crippen molar-refractivity contribution in [2.24, 2.45) is 0 Å². The molecule has 154 valence electrons. The zero-order valence-electron chi connectivity index (χ0n) is 16.5. The van der Waals surface area contributed by atoms with Crippen LogP contribution in [-0.2, 0) is 4.79 Å². The highest BCUT2D eigenvalue weighted by Gasteiger charge is 2.30. The highest BCUT2D eigenvalue weighted by atomic mass is 19.1. The molecule has 2 aliphatic heterocycles. The van der Waals surface area contributed by atoms with Crippen molar-refractivity contribution in [3.8, 4) is 5.75 Å². The molecule has 1 amide bonds. The van der Waals surface area contributed by atoms with Crippen molar-refractivity contribution in [3.63, 3.8) is 0 Å². The number of carbonyl (C=O) groups is 1. The smallest absolute Gasteiger partial charge is 0.246 e. The second-order valence-electron chi connectivity index (χ2n) is 7.69. The van der Waals surface area contributed by atoms with Crippen LogP contribution in [0.25, 0.3) is 6.08 Å². The van der Waals surface area contributed by atoms with E-state index in [2.05, 4.69) is 4.90 Å². The molecule has 2 aromatic rings. The number of likely N-dealkylation sites (tertiary alicyclic amines) is 2. The maximum atomic E-state index is 13.8. The summed E-state index contributed by atoms with van der Waals surface area (Å²) in [6, 6.07) is 10.7. The molecule has 2 aliphatic rings. The molecule has 0 atom stereocenters. The third-order valence-electron chi connectivity index (χ3n) is 5.83. The van der Waals surface area contributed by atoms with Crippen LogP contribution in [-0.4, -0.2) is 54.0 Å². The number of nitrogens with zero attached hydrogens (tertiary/aromatic N) is 2. The summed E-state index contributed by atoms with van der Waals surface area (Å²) in [4.78, 5) is 16.8. The predicted octanol–water partition coefficient (Wildman–Crippen LogP) is 3.97. The van der Waals surface area contributed by atoms with Gasteiger partial charge in [-0.05, 0) is 56.0 Å². The van der Waals surface area contributed by atoms with Gasteiger partial charge in [0.15, 0.2) is 11.6 Å². The minimum atomic E-state index is -0.298. The first kappa shape index (κ1) is 19.7. The minimum Gasteiger partial charge on any atom is -0.487 e. The first-order valence-corrected chi connectivity index (χ1v) is 10.3. The van der Waals surface area contributed by atoms with Crippen LogP contribution in [0.2, 0.25) is 0 Å². The molecule has 1 aromatic carbocycles. The Morgan fingerprint density at radius 2 is 1.79 bits per heavy atom. The summed E-state index contributed by atoms with van der Waals surface area (Å²) in [7, 11) is 0. The molecule has 1 aromatic heterocycles. The highest BCUT2D eigenvalue weighted by Crippen LogP contribution is 2.25. The Bertz CT molecular complexity index is 820. The van der Waals surface area contributed by atoms with Gasteiger partial charge in [0, 0.05) is 38.3 Å². The lowest BCUT2D eigenvalue weighted by Crippen LogP contribution is -2.49. The Kier molecular flexibility index (Phi) is 6.30. The van der Waals surface area contributed by atoms with Gasteiger partial charge < -0.3 is 14.1 Å². The number of benzene rings is 1. The van der Waals surface area contributed by atoms with Crippen LogP contribution in [0.3, 0.4) is 0 Å². The van der Waals surface area contributed by atoms with Gasteiger partial charge >= 0.3 is 0 Å². The first-order chi connectivity index (χ1) is 14.2. The number of para-hydroxylation sites is 1. The zero-order valence-corrected chi connectivity index (χ0v) is 16.5. The fourth-order valence-electron chi connectivity index (χ4n) is 4.17. The van der Waals surface area contributed by atoms with Gasteiger partial charge in [-0.1, -0.05) is 12.1 Å². The van der Waals surface area contributed by atoms with E-state index in [9.17, 15) is 9.18 Å². The van der Waals surface area contributed by atoms with Crippen molar-refractivity contribution in [2.75, 3.05) is 26.2 Å². The summed E-state index contributed by atoms with van der Waals surface area (Å²) in [5.41, 5.74) is 0. The van der Waals surface area contributed by atoms with E-state index in [0.29, 0.717) is 17.6 Å². The fourth-order valence-corrected chi connectivity index (χ4v) is 4.17. The van der Waals surface area contributed by atoms with E-state index in [-0.39, 0.29) is 17.8 Å². The lowest BCUT2D eigenvalue weighted by Gasteiger charge is -2.41. The van der Waals surface area contributed by atoms with E-state index in [1.54, 1.807) is 42.7 Å². The third kappa shape index (κ3) is 5.07. The Morgan fingerprint density at radius 3 is 2.48 bits per heavy atom. The number of halogens is 1. The first-order valence-electron chi connectivity index (χ1n) is 10.3. The average Bonchev–Trinajstić information content (AvgIpc) is 3.28. The van der Waals surface area contributed by atoms with Crippen molar-refractivity contribution in [1.29, 1.82) is 0 Å². The molecular formula is C23H27FN2O3. The monoisotopic (exact) mass is 398 g/mol. The molecule has 0 aliphatic carbocycles. The maximum absolute atomic E-state index is 13.8. The molecule has 0 spiro atoms. The lowest BCUT2D eigenvalue weighted by molar-refractivity contribution is -0.127. The van der Waals surface area contributed by atoms with E-state index >= 15 is 0 Å². The van der Waals surface area contributed by atoms with E-state index in [4.69, 9.17) is 9.15 Å². The van der Waals surface area contributed by atoms with Gasteiger partial charge in [0.05, 0.1) is 6.26 Å². The summed E-state index contributed by atoms with van der Waals surface area (Å²) in [6.07, 6.45) is 8.74. The van der Waals surface area contributed by atoms with Crippen molar-refractivity contribution in [1.82, 2.24) is 9.80 Å². The van der Waals surface area contributed by atoms with Crippen LogP contribution in [0.15, 0.2) is 53.2 Å². The SMILES string of the molecule is O=C(C=Cc1ccco1)N1CCC(N2CCC(Oc3ccccc3F)CC2)CC1. The van der Waals surface area contributed by atoms with E-state index in [1.165, 1.54) is 6.07 Å². The average molecular weight is 398 g/mol. The van der Waals surface area contributed by atoms with Gasteiger partial charge in [-0.2, -0.15) is 0 Å². The van der Waals surface area contributed by atoms with Crippen LogP contribution < -0.4 is 4.74 Å². The molecule has 0 bridgehead atoms. The van der Waals surface area contributed by atoms with Crippen molar-refractivity contribution in [2.45, 2.75) is 37.8 Å². The quantitative estimate of drug-likeness (QED) is 0.715. The van der Waals surface area contributed by atoms with E-state index in [0.717, 1.165) is 51.9 Å². The van der Waals surface area contributed by atoms with Gasteiger partial charge in [0.1, 0.15) is 11.9 Å². The molecule has 0 saturated carbocycles. The van der Waals surface area contributed by atoms with Crippen molar-refractivity contribution >= 4 is 12.0 Å². The van der Waals surface area contributed by atoms with Crippen molar-refractivity contribution < 1.29 is 18.3 Å². The summed E-state index contributed by atoms with van der Waals surface area (Å²) in [6.45, 7) is 3.46. The van der Waals surface area contributed by atoms with Gasteiger partial charge in [0.2, 0.25) is 5.91 Å². The molecule has 0 unspecified atom stereocenters. The maximum Gasteiger partial charge on any atom is 0.246 e. The van der Waals surface area contributed by atoms with Crippen LogP contribution in [0.4, 0.5) is 4.39 Å². The molecule has 2 fully saturated rings. The second kappa shape index (κ2) is 9.27. The molecule has 0 radical (unpaired) electrons. The third-order valence-corrected chi connectivity index (χ3v) is 5.83. The standard InChI is InChI=1S/C23H27FN2O3/c24-21-5-1-2-6-22(21)29-20-11-15-25(16-12-20)18-9-13-26(14-10-18)23(27)8-7-19-4-3-17-28-19/h1-8,17-18,20H,9-16H2. The number of hydrogen-bond donors (Lipinski definition) is 0. The Morgan fingerprint density at radius 1 is 1.03 bits per heavy atom. The Hall–Kier alpha value is -2.60. The second-order valence-corrected chi connectivity index (χ2v) is 7.69. The Balaban J connectivity index is 1.21. The van der Waals surface area contributed by atoms with E-state index < -0.39 is 0 Å². The van der Waals surface area contributed by atoms with Gasteiger partial charge in [-0.25, -0.2) is 4.39 Å². The lowest BCUT2D eigenvalue weighted by atomic mass is 9.98. The number of amides is 1. The number of rotatable bonds is 5. The fraction of sp³-hybridized carbons (Fsp3) is 0.435. The number of piperidine rings is 2. The van der Waals surface area contributed by atoms with Crippen LogP contribution in [0, 0.1) is 5.82 Å².